The lowest BCUT2D eigenvalue weighted by molar-refractivity contribution is -0.146. The number of amides is 2. The summed E-state index contributed by atoms with van der Waals surface area (Å²) in [6.07, 6.45) is 20.4. The SMILES string of the molecule is O=C(NC1=C(NC(=O)C23CC4CC(CC(C4)C2)C3)CC=CC1)C12CC3CC(CC(C3)C1)C2. The first-order valence-corrected chi connectivity index (χ1v) is 13.5. The van der Waals surface area contributed by atoms with Crippen molar-refractivity contribution in [1.29, 1.82) is 0 Å². The summed E-state index contributed by atoms with van der Waals surface area (Å²) in [6.45, 7) is 0. The maximum Gasteiger partial charge on any atom is 0.230 e. The molecule has 0 unspecified atom stereocenters. The molecule has 0 aromatic heterocycles. The van der Waals surface area contributed by atoms with E-state index in [2.05, 4.69) is 22.8 Å². The molecular weight excluding hydrogens is 396 g/mol. The molecule has 9 rings (SSSR count). The molecule has 0 radical (unpaired) electrons. The van der Waals surface area contributed by atoms with E-state index in [1.807, 2.05) is 0 Å². The number of hydrogen-bond acceptors (Lipinski definition) is 2. The number of carbonyl (C=O) groups excluding carboxylic acids is 2. The molecule has 0 aromatic rings. The van der Waals surface area contributed by atoms with Crippen LogP contribution in [0.3, 0.4) is 0 Å². The van der Waals surface area contributed by atoms with Gasteiger partial charge in [-0.3, -0.25) is 9.59 Å². The zero-order chi connectivity index (χ0) is 21.5. The molecule has 0 heterocycles. The Morgan fingerprint density at radius 2 is 0.844 bits per heavy atom. The highest BCUT2D eigenvalue weighted by atomic mass is 16.2. The summed E-state index contributed by atoms with van der Waals surface area (Å²) in [7, 11) is 0. The smallest absolute Gasteiger partial charge is 0.230 e. The Balaban J connectivity index is 1.10. The second-order valence-corrected chi connectivity index (χ2v) is 13.1. The van der Waals surface area contributed by atoms with Crippen LogP contribution in [0.25, 0.3) is 0 Å². The largest absolute Gasteiger partial charge is 0.327 e. The monoisotopic (exact) mass is 434 g/mol. The predicted octanol–water partition coefficient (Wildman–Crippen LogP) is 5.21. The fourth-order valence-corrected chi connectivity index (χ4v) is 10.2. The van der Waals surface area contributed by atoms with Crippen molar-refractivity contribution in [1.82, 2.24) is 10.6 Å². The zero-order valence-corrected chi connectivity index (χ0v) is 19.3. The first kappa shape index (κ1) is 19.9. The lowest BCUT2D eigenvalue weighted by Crippen LogP contribution is -2.54. The third-order valence-corrected chi connectivity index (χ3v) is 10.7. The average Bonchev–Trinajstić information content (AvgIpc) is 2.73. The molecule has 0 saturated heterocycles. The van der Waals surface area contributed by atoms with Crippen molar-refractivity contribution in [3.05, 3.63) is 23.5 Å². The number of nitrogens with one attached hydrogen (secondary N) is 2. The molecule has 172 valence electrons. The van der Waals surface area contributed by atoms with Gasteiger partial charge < -0.3 is 10.6 Å². The third kappa shape index (κ3) is 3.07. The van der Waals surface area contributed by atoms with E-state index in [-0.39, 0.29) is 22.6 Å². The summed E-state index contributed by atoms with van der Waals surface area (Å²) in [6, 6.07) is 0. The zero-order valence-electron chi connectivity index (χ0n) is 19.3. The van der Waals surface area contributed by atoms with Gasteiger partial charge in [0, 0.05) is 24.2 Å². The Labute approximate surface area is 192 Å². The maximum atomic E-state index is 13.6. The Morgan fingerprint density at radius 1 is 0.562 bits per heavy atom. The predicted molar refractivity (Wildman–Crippen MR) is 123 cm³/mol. The van der Waals surface area contributed by atoms with Gasteiger partial charge in [0.25, 0.3) is 0 Å². The van der Waals surface area contributed by atoms with E-state index in [0.29, 0.717) is 0 Å². The Morgan fingerprint density at radius 3 is 1.12 bits per heavy atom. The minimum absolute atomic E-state index is 0.141. The van der Waals surface area contributed by atoms with Gasteiger partial charge in [0.05, 0.1) is 10.8 Å². The third-order valence-electron chi connectivity index (χ3n) is 10.7. The Kier molecular flexibility index (Phi) is 4.32. The van der Waals surface area contributed by atoms with E-state index >= 15 is 0 Å². The van der Waals surface area contributed by atoms with Crippen LogP contribution in [-0.4, -0.2) is 11.8 Å². The van der Waals surface area contributed by atoms with Crippen molar-refractivity contribution >= 4 is 11.8 Å². The van der Waals surface area contributed by atoms with Gasteiger partial charge in [-0.2, -0.15) is 0 Å². The molecule has 2 amide bonds. The lowest BCUT2D eigenvalue weighted by Gasteiger charge is -2.56. The Hall–Kier alpha value is -1.58. The molecule has 8 fully saturated rings. The molecule has 8 bridgehead atoms. The summed E-state index contributed by atoms with van der Waals surface area (Å²) in [4.78, 5) is 27.3. The Bertz CT molecular complexity index is 770. The van der Waals surface area contributed by atoms with Gasteiger partial charge >= 0.3 is 0 Å². The van der Waals surface area contributed by atoms with Crippen LogP contribution in [-0.2, 0) is 9.59 Å². The first-order valence-electron chi connectivity index (χ1n) is 13.5. The highest BCUT2D eigenvalue weighted by Gasteiger charge is 2.56. The summed E-state index contributed by atoms with van der Waals surface area (Å²) in [5, 5.41) is 6.76. The topological polar surface area (TPSA) is 58.2 Å². The van der Waals surface area contributed by atoms with E-state index < -0.39 is 0 Å². The van der Waals surface area contributed by atoms with Crippen LogP contribution in [0.2, 0.25) is 0 Å². The van der Waals surface area contributed by atoms with E-state index in [9.17, 15) is 9.59 Å². The van der Waals surface area contributed by atoms with E-state index in [4.69, 9.17) is 0 Å². The molecule has 4 heteroatoms. The molecule has 0 aliphatic heterocycles. The van der Waals surface area contributed by atoms with Gasteiger partial charge in [-0.1, -0.05) is 12.2 Å². The van der Waals surface area contributed by atoms with Gasteiger partial charge in [0.15, 0.2) is 0 Å². The fourth-order valence-electron chi connectivity index (χ4n) is 10.2. The van der Waals surface area contributed by atoms with Crippen LogP contribution < -0.4 is 10.6 Å². The summed E-state index contributed by atoms with van der Waals surface area (Å²) in [5.41, 5.74) is 1.65. The van der Waals surface area contributed by atoms with Gasteiger partial charge in [-0.05, 0) is 113 Å². The highest BCUT2D eigenvalue weighted by Crippen LogP contribution is 2.61. The molecule has 9 aliphatic rings. The molecule has 0 spiro atoms. The molecule has 0 aromatic carbocycles. The average molecular weight is 435 g/mol. The van der Waals surface area contributed by atoms with Gasteiger partial charge in [-0.25, -0.2) is 0 Å². The lowest BCUT2D eigenvalue weighted by atomic mass is 9.49. The molecule has 2 N–H and O–H groups in total. The van der Waals surface area contributed by atoms with Crippen LogP contribution in [0.5, 0.6) is 0 Å². The van der Waals surface area contributed by atoms with Crippen molar-refractivity contribution in [2.45, 2.75) is 89.9 Å². The molecule has 8 saturated carbocycles. The first-order chi connectivity index (χ1) is 15.5. The number of rotatable bonds is 4. The molecule has 32 heavy (non-hydrogen) atoms. The van der Waals surface area contributed by atoms with E-state index in [0.717, 1.165) is 98.3 Å². The van der Waals surface area contributed by atoms with Crippen LogP contribution in [0, 0.1) is 46.3 Å². The van der Waals surface area contributed by atoms with Gasteiger partial charge in [0.2, 0.25) is 11.8 Å². The van der Waals surface area contributed by atoms with Crippen LogP contribution in [0.4, 0.5) is 0 Å². The second kappa shape index (κ2) is 6.96. The maximum absolute atomic E-state index is 13.6. The molecule has 4 nitrogen and oxygen atoms in total. The van der Waals surface area contributed by atoms with E-state index in [1.54, 1.807) is 0 Å². The summed E-state index contributed by atoms with van der Waals surface area (Å²) >= 11 is 0. The minimum Gasteiger partial charge on any atom is -0.327 e. The van der Waals surface area contributed by atoms with Gasteiger partial charge in [-0.15, -0.1) is 0 Å². The number of allylic oxidation sites excluding steroid dienone is 2. The quantitative estimate of drug-likeness (QED) is 0.597. The van der Waals surface area contributed by atoms with Crippen molar-refractivity contribution < 1.29 is 9.59 Å². The van der Waals surface area contributed by atoms with Crippen LogP contribution in [0.15, 0.2) is 23.5 Å². The van der Waals surface area contributed by atoms with Crippen molar-refractivity contribution in [3.8, 4) is 0 Å². The number of carbonyl (C=O) groups is 2. The van der Waals surface area contributed by atoms with Crippen LogP contribution >= 0.6 is 0 Å². The summed E-state index contributed by atoms with van der Waals surface area (Å²) in [5.74, 6) is 5.10. The summed E-state index contributed by atoms with van der Waals surface area (Å²) < 4.78 is 0. The van der Waals surface area contributed by atoms with E-state index in [1.165, 1.54) is 38.5 Å². The number of hydrogen-bond donors (Lipinski definition) is 2. The standard InChI is InChI=1S/C28H38N2O2/c31-25(27-11-17-5-18(12-27)7-19(6-17)13-27)29-23-3-1-2-4-24(23)30-26(32)28-14-20-8-21(15-28)10-22(9-20)16-28/h1-2,17-22H,3-16H2,(H,29,31)(H,30,32). The van der Waals surface area contributed by atoms with Crippen molar-refractivity contribution in [3.63, 3.8) is 0 Å². The second-order valence-electron chi connectivity index (χ2n) is 13.1. The molecular formula is C28H38N2O2. The highest BCUT2D eigenvalue weighted by molar-refractivity contribution is 5.87. The van der Waals surface area contributed by atoms with Crippen molar-refractivity contribution in [2.24, 2.45) is 46.3 Å². The normalized spacial score (nSPS) is 47.8. The molecule has 0 atom stereocenters. The van der Waals surface area contributed by atoms with Crippen molar-refractivity contribution in [2.75, 3.05) is 0 Å². The van der Waals surface area contributed by atoms with Gasteiger partial charge in [0.1, 0.15) is 0 Å². The minimum atomic E-state index is -0.141. The fraction of sp³-hybridized carbons (Fsp3) is 0.786. The molecule has 9 aliphatic carbocycles. The van der Waals surface area contributed by atoms with Crippen LogP contribution in [0.1, 0.15) is 89.9 Å².